The highest BCUT2D eigenvalue weighted by molar-refractivity contribution is 6.33. The van der Waals surface area contributed by atoms with Crippen molar-refractivity contribution in [3.05, 3.63) is 81.6 Å². The van der Waals surface area contributed by atoms with E-state index < -0.39 is 4.92 Å². The van der Waals surface area contributed by atoms with Crippen molar-refractivity contribution in [2.75, 3.05) is 31.1 Å². The van der Waals surface area contributed by atoms with Gasteiger partial charge in [-0.25, -0.2) is 9.97 Å². The number of halogens is 1. The summed E-state index contributed by atoms with van der Waals surface area (Å²) in [6.07, 6.45) is 1.54. The van der Waals surface area contributed by atoms with Gasteiger partial charge in [0, 0.05) is 49.9 Å². The highest BCUT2D eigenvalue weighted by Gasteiger charge is 2.26. The highest BCUT2D eigenvalue weighted by Crippen LogP contribution is 2.25. The average Bonchev–Trinajstić information content (AvgIpc) is 2.79. The molecule has 0 aliphatic carbocycles. The maximum Gasteiger partial charge on any atom is 0.270 e. The normalized spacial score (nSPS) is 13.9. The summed E-state index contributed by atoms with van der Waals surface area (Å²) in [7, 11) is 0. The molecule has 1 saturated heterocycles. The molecule has 8 nitrogen and oxygen atoms in total. The zero-order valence-electron chi connectivity index (χ0n) is 15.9. The molecule has 4 rings (SSSR count). The van der Waals surface area contributed by atoms with Crippen LogP contribution in [-0.4, -0.2) is 51.9 Å². The number of nitro benzene ring substituents is 1. The second-order valence-electron chi connectivity index (χ2n) is 6.83. The van der Waals surface area contributed by atoms with Crippen LogP contribution in [0.2, 0.25) is 5.02 Å². The molecule has 3 aromatic rings. The number of carbonyl (C=O) groups is 1. The Labute approximate surface area is 177 Å². The maximum absolute atomic E-state index is 12.9. The molecule has 0 radical (unpaired) electrons. The Morgan fingerprint density at radius 2 is 1.73 bits per heavy atom. The average molecular weight is 424 g/mol. The number of non-ortho nitro benzene ring substituents is 1. The molecule has 30 heavy (non-hydrogen) atoms. The Morgan fingerprint density at radius 3 is 2.43 bits per heavy atom. The first-order valence-corrected chi connectivity index (χ1v) is 9.76. The van der Waals surface area contributed by atoms with E-state index in [9.17, 15) is 14.9 Å². The molecule has 9 heteroatoms. The summed E-state index contributed by atoms with van der Waals surface area (Å²) in [5, 5.41) is 11.2. The van der Waals surface area contributed by atoms with E-state index in [0.29, 0.717) is 26.2 Å². The molecule has 0 atom stereocenters. The molecule has 1 fully saturated rings. The zero-order valence-corrected chi connectivity index (χ0v) is 16.7. The molecule has 1 aromatic heterocycles. The predicted octanol–water partition coefficient (Wildman–Crippen LogP) is 3.67. The molecule has 0 saturated carbocycles. The van der Waals surface area contributed by atoms with E-state index in [2.05, 4.69) is 14.9 Å². The first-order chi connectivity index (χ1) is 14.5. The number of benzene rings is 2. The standard InChI is InChI=1S/C21H18ClN5O3/c22-18-7-6-16(27(29)30)12-17(18)21(28)26-10-8-25(9-11-26)20-13-19(23-14-24-20)15-4-2-1-3-5-15/h1-7,12-14H,8-11H2. The molecule has 0 unspecified atom stereocenters. The summed E-state index contributed by atoms with van der Waals surface area (Å²) in [6, 6.07) is 15.7. The van der Waals surface area contributed by atoms with Gasteiger partial charge in [0.1, 0.15) is 12.1 Å². The number of hydrogen-bond donors (Lipinski definition) is 0. The van der Waals surface area contributed by atoms with E-state index in [1.165, 1.54) is 24.5 Å². The fraction of sp³-hybridized carbons (Fsp3) is 0.190. The summed E-state index contributed by atoms with van der Waals surface area (Å²) < 4.78 is 0. The second-order valence-corrected chi connectivity index (χ2v) is 7.24. The van der Waals surface area contributed by atoms with Gasteiger partial charge in [-0.2, -0.15) is 0 Å². The van der Waals surface area contributed by atoms with Gasteiger partial charge in [0.15, 0.2) is 0 Å². The molecule has 0 N–H and O–H groups in total. The molecule has 2 heterocycles. The number of hydrogen-bond acceptors (Lipinski definition) is 6. The van der Waals surface area contributed by atoms with E-state index >= 15 is 0 Å². The lowest BCUT2D eigenvalue weighted by atomic mass is 10.1. The Morgan fingerprint density at radius 1 is 1.00 bits per heavy atom. The SMILES string of the molecule is O=C(c1cc([N+](=O)[O-])ccc1Cl)N1CCN(c2cc(-c3ccccc3)ncn2)CC1. The monoisotopic (exact) mass is 423 g/mol. The smallest absolute Gasteiger partial charge is 0.270 e. The minimum Gasteiger partial charge on any atom is -0.353 e. The van der Waals surface area contributed by atoms with Crippen LogP contribution in [0.5, 0.6) is 0 Å². The molecule has 2 aromatic carbocycles. The molecule has 0 spiro atoms. The number of carbonyl (C=O) groups excluding carboxylic acids is 1. The highest BCUT2D eigenvalue weighted by atomic mass is 35.5. The van der Waals surface area contributed by atoms with E-state index in [-0.39, 0.29) is 22.2 Å². The van der Waals surface area contributed by atoms with Crippen molar-refractivity contribution in [1.82, 2.24) is 14.9 Å². The fourth-order valence-electron chi connectivity index (χ4n) is 3.39. The van der Waals surface area contributed by atoms with E-state index in [0.717, 1.165) is 17.1 Å². The third-order valence-electron chi connectivity index (χ3n) is 5.00. The van der Waals surface area contributed by atoms with Gasteiger partial charge in [0.25, 0.3) is 11.6 Å². The topological polar surface area (TPSA) is 92.5 Å². The number of rotatable bonds is 4. The van der Waals surface area contributed by atoms with Crippen molar-refractivity contribution in [3.63, 3.8) is 0 Å². The molecule has 1 aliphatic heterocycles. The molecule has 1 amide bonds. The summed E-state index contributed by atoms with van der Waals surface area (Å²) in [5.41, 5.74) is 1.83. The van der Waals surface area contributed by atoms with Crippen LogP contribution in [0.15, 0.2) is 60.9 Å². The third-order valence-corrected chi connectivity index (χ3v) is 5.33. The lowest BCUT2D eigenvalue weighted by molar-refractivity contribution is -0.384. The van der Waals surface area contributed by atoms with Crippen LogP contribution >= 0.6 is 11.6 Å². The van der Waals surface area contributed by atoms with Crippen LogP contribution < -0.4 is 4.90 Å². The van der Waals surface area contributed by atoms with Crippen LogP contribution in [0.3, 0.4) is 0 Å². The predicted molar refractivity (Wildman–Crippen MR) is 114 cm³/mol. The second kappa shape index (κ2) is 8.46. The van der Waals surface area contributed by atoms with Crippen LogP contribution in [0.25, 0.3) is 11.3 Å². The molecular weight excluding hydrogens is 406 g/mol. The van der Waals surface area contributed by atoms with Crippen molar-refractivity contribution in [2.45, 2.75) is 0 Å². The molecule has 1 aliphatic rings. The summed E-state index contributed by atoms with van der Waals surface area (Å²) in [6.45, 7) is 2.10. The van der Waals surface area contributed by atoms with Gasteiger partial charge >= 0.3 is 0 Å². The Bertz CT molecular complexity index is 1090. The van der Waals surface area contributed by atoms with Gasteiger partial charge in [0.05, 0.1) is 21.2 Å². The minimum absolute atomic E-state index is 0.146. The number of anilines is 1. The Hall–Kier alpha value is -3.52. The number of nitro groups is 1. The summed E-state index contributed by atoms with van der Waals surface area (Å²) in [5.74, 6) is 0.486. The number of nitrogens with zero attached hydrogens (tertiary/aromatic N) is 5. The quantitative estimate of drug-likeness (QED) is 0.469. The van der Waals surface area contributed by atoms with Crippen LogP contribution in [0.4, 0.5) is 11.5 Å². The van der Waals surface area contributed by atoms with Crippen molar-refractivity contribution in [3.8, 4) is 11.3 Å². The zero-order chi connectivity index (χ0) is 21.1. The van der Waals surface area contributed by atoms with Crippen molar-refractivity contribution in [2.24, 2.45) is 0 Å². The number of aromatic nitrogens is 2. The minimum atomic E-state index is -0.537. The van der Waals surface area contributed by atoms with E-state index in [1.54, 1.807) is 4.90 Å². The molecular formula is C21H18ClN5O3. The van der Waals surface area contributed by atoms with Crippen LogP contribution in [0.1, 0.15) is 10.4 Å². The van der Waals surface area contributed by atoms with Gasteiger partial charge in [-0.3, -0.25) is 14.9 Å². The molecule has 0 bridgehead atoms. The first kappa shape index (κ1) is 19.8. The van der Waals surface area contributed by atoms with Gasteiger partial charge < -0.3 is 9.80 Å². The van der Waals surface area contributed by atoms with Gasteiger partial charge in [-0.1, -0.05) is 41.9 Å². The summed E-state index contributed by atoms with van der Waals surface area (Å²) in [4.78, 5) is 35.8. The lowest BCUT2D eigenvalue weighted by Crippen LogP contribution is -2.49. The number of piperazine rings is 1. The summed E-state index contributed by atoms with van der Waals surface area (Å²) >= 11 is 6.12. The Kier molecular flexibility index (Phi) is 5.58. The van der Waals surface area contributed by atoms with Gasteiger partial charge in [0.2, 0.25) is 0 Å². The van der Waals surface area contributed by atoms with Crippen molar-refractivity contribution >= 4 is 29.0 Å². The maximum atomic E-state index is 12.9. The lowest BCUT2D eigenvalue weighted by Gasteiger charge is -2.35. The van der Waals surface area contributed by atoms with E-state index in [1.807, 2.05) is 36.4 Å². The van der Waals surface area contributed by atoms with Gasteiger partial charge in [-0.05, 0) is 6.07 Å². The largest absolute Gasteiger partial charge is 0.353 e. The Balaban J connectivity index is 1.46. The number of amides is 1. The first-order valence-electron chi connectivity index (χ1n) is 9.38. The fourth-order valence-corrected chi connectivity index (χ4v) is 3.58. The third kappa shape index (κ3) is 4.08. The van der Waals surface area contributed by atoms with Crippen molar-refractivity contribution < 1.29 is 9.72 Å². The molecule has 152 valence electrons. The van der Waals surface area contributed by atoms with Crippen LogP contribution in [0, 0.1) is 10.1 Å². The van der Waals surface area contributed by atoms with Crippen LogP contribution in [-0.2, 0) is 0 Å². The van der Waals surface area contributed by atoms with Gasteiger partial charge in [-0.15, -0.1) is 0 Å². The van der Waals surface area contributed by atoms with E-state index in [4.69, 9.17) is 11.6 Å². The van der Waals surface area contributed by atoms with Crippen molar-refractivity contribution in [1.29, 1.82) is 0 Å².